The number of fused-ring (bicyclic) bond motifs is 1. The number of hydrogen-bond donors (Lipinski definition) is 2. The number of phenolic OH excluding ortho intramolecular Hbond substituents is 1. The van der Waals surface area contributed by atoms with Crippen molar-refractivity contribution < 1.29 is 9.90 Å². The van der Waals surface area contributed by atoms with Gasteiger partial charge >= 0.3 is 0 Å². The third kappa shape index (κ3) is 3.53. The van der Waals surface area contributed by atoms with E-state index in [1.54, 1.807) is 6.21 Å². The molecule has 5 heteroatoms. The lowest BCUT2D eigenvalue weighted by Crippen LogP contribution is -2.18. The topological polar surface area (TPSA) is 74.6 Å². The van der Waals surface area contributed by atoms with Gasteiger partial charge in [0.1, 0.15) is 5.75 Å². The normalized spacial score (nSPS) is 14.0. The van der Waals surface area contributed by atoms with E-state index in [-0.39, 0.29) is 11.7 Å². The van der Waals surface area contributed by atoms with Crippen LogP contribution in [-0.4, -0.2) is 22.2 Å². The summed E-state index contributed by atoms with van der Waals surface area (Å²) >= 11 is 0. The highest BCUT2D eigenvalue weighted by Crippen LogP contribution is 2.40. The van der Waals surface area contributed by atoms with Crippen molar-refractivity contribution in [2.45, 2.75) is 32.6 Å². The maximum absolute atomic E-state index is 12.7. The Hall–Kier alpha value is -3.21. The second kappa shape index (κ2) is 6.83. The maximum Gasteiger partial charge on any atom is 0.272 e. The molecule has 0 aliphatic heterocycles. The van der Waals surface area contributed by atoms with Gasteiger partial charge in [0.2, 0.25) is 0 Å². The first kappa shape index (κ1) is 17.2. The fourth-order valence-corrected chi connectivity index (χ4v) is 3.26. The van der Waals surface area contributed by atoms with Gasteiger partial charge < -0.3 is 5.11 Å². The van der Waals surface area contributed by atoms with Gasteiger partial charge in [0, 0.05) is 17.0 Å². The number of amides is 1. The fraction of sp³-hybridized carbons (Fsp3) is 0.227. The second-order valence-corrected chi connectivity index (χ2v) is 7.09. The third-order valence-electron chi connectivity index (χ3n) is 4.87. The summed E-state index contributed by atoms with van der Waals surface area (Å²) in [4.78, 5) is 17.4. The van der Waals surface area contributed by atoms with Crippen LogP contribution in [0.3, 0.4) is 0 Å². The summed E-state index contributed by atoms with van der Waals surface area (Å²) in [5, 5.41) is 14.8. The van der Waals surface area contributed by atoms with Crippen molar-refractivity contribution in [2.75, 3.05) is 0 Å². The van der Waals surface area contributed by atoms with Crippen molar-refractivity contribution in [2.24, 2.45) is 5.10 Å². The number of para-hydroxylation sites is 1. The maximum atomic E-state index is 12.7. The number of pyridine rings is 1. The van der Waals surface area contributed by atoms with Crippen LogP contribution in [0.15, 0.2) is 47.6 Å². The van der Waals surface area contributed by atoms with Crippen LogP contribution in [0.4, 0.5) is 0 Å². The van der Waals surface area contributed by atoms with Crippen molar-refractivity contribution >= 4 is 23.0 Å². The Morgan fingerprint density at radius 3 is 2.59 bits per heavy atom. The number of aromatic hydroxyl groups is 1. The first-order valence-electron chi connectivity index (χ1n) is 9.06. The molecule has 2 aromatic carbocycles. The van der Waals surface area contributed by atoms with Crippen LogP contribution in [-0.2, 0) is 0 Å². The van der Waals surface area contributed by atoms with Crippen LogP contribution in [0.5, 0.6) is 5.75 Å². The zero-order valence-corrected chi connectivity index (χ0v) is 15.4. The predicted octanol–water partition coefficient (Wildman–Crippen LogP) is 4.20. The number of carbonyl (C=O) groups is 1. The minimum absolute atomic E-state index is 0.251. The van der Waals surface area contributed by atoms with Crippen LogP contribution < -0.4 is 5.43 Å². The molecule has 0 radical (unpaired) electrons. The molecule has 0 saturated heterocycles. The van der Waals surface area contributed by atoms with E-state index < -0.39 is 0 Å². The van der Waals surface area contributed by atoms with E-state index in [9.17, 15) is 9.90 Å². The van der Waals surface area contributed by atoms with E-state index in [0.29, 0.717) is 11.5 Å². The minimum atomic E-state index is -0.251. The van der Waals surface area contributed by atoms with Crippen molar-refractivity contribution in [3.8, 4) is 5.75 Å². The van der Waals surface area contributed by atoms with Gasteiger partial charge in [0.05, 0.1) is 17.3 Å². The van der Waals surface area contributed by atoms with Crippen LogP contribution in [0.25, 0.3) is 10.9 Å². The van der Waals surface area contributed by atoms with Crippen molar-refractivity contribution in [1.29, 1.82) is 0 Å². The molecule has 0 atom stereocenters. The fourth-order valence-electron chi connectivity index (χ4n) is 3.26. The molecular weight excluding hydrogens is 338 g/mol. The standard InChI is InChI=1S/C22H21N3O2/c1-13-9-15(10-14(2)21(13)26)12-23-25-22(27)18-11-20(16-7-8-16)24-19-6-4-3-5-17(18)19/h3-6,9-12,16,26H,7-8H2,1-2H3,(H,25,27)/b23-12+. The lowest BCUT2D eigenvalue weighted by Gasteiger charge is -2.08. The number of rotatable bonds is 4. The highest BCUT2D eigenvalue weighted by Gasteiger charge is 2.26. The van der Waals surface area contributed by atoms with E-state index in [0.717, 1.165) is 46.1 Å². The number of aromatic nitrogens is 1. The zero-order valence-electron chi connectivity index (χ0n) is 15.4. The summed E-state index contributed by atoms with van der Waals surface area (Å²) in [6.07, 6.45) is 3.84. The molecule has 27 heavy (non-hydrogen) atoms. The Balaban J connectivity index is 1.60. The van der Waals surface area contributed by atoms with Crippen LogP contribution in [0, 0.1) is 13.8 Å². The molecule has 1 amide bonds. The Bertz CT molecular complexity index is 1050. The molecular formula is C22H21N3O2. The molecule has 1 saturated carbocycles. The second-order valence-electron chi connectivity index (χ2n) is 7.09. The van der Waals surface area contributed by atoms with Crippen molar-refractivity contribution in [3.63, 3.8) is 0 Å². The lowest BCUT2D eigenvalue weighted by atomic mass is 10.1. The van der Waals surface area contributed by atoms with Crippen LogP contribution >= 0.6 is 0 Å². The van der Waals surface area contributed by atoms with Crippen LogP contribution in [0.2, 0.25) is 0 Å². The number of nitrogens with zero attached hydrogens (tertiary/aromatic N) is 2. The van der Waals surface area contributed by atoms with Gasteiger partial charge in [-0.1, -0.05) is 18.2 Å². The average molecular weight is 359 g/mol. The summed E-state index contributed by atoms with van der Waals surface area (Å²) in [6.45, 7) is 3.67. The number of phenols is 1. The highest BCUT2D eigenvalue weighted by molar-refractivity contribution is 6.06. The summed E-state index contributed by atoms with van der Waals surface area (Å²) < 4.78 is 0. The van der Waals surface area contributed by atoms with E-state index in [1.165, 1.54) is 0 Å². The number of aryl methyl sites for hydroxylation is 2. The van der Waals surface area contributed by atoms with Gasteiger partial charge in [0.25, 0.3) is 5.91 Å². The zero-order chi connectivity index (χ0) is 19.0. The molecule has 136 valence electrons. The molecule has 1 aliphatic carbocycles. The van der Waals surface area contributed by atoms with E-state index in [2.05, 4.69) is 10.5 Å². The third-order valence-corrected chi connectivity index (χ3v) is 4.87. The molecule has 2 N–H and O–H groups in total. The van der Waals surface area contributed by atoms with Gasteiger partial charge in [-0.2, -0.15) is 5.10 Å². The van der Waals surface area contributed by atoms with Crippen LogP contribution in [0.1, 0.15) is 51.5 Å². The quantitative estimate of drug-likeness (QED) is 0.541. The van der Waals surface area contributed by atoms with E-state index >= 15 is 0 Å². The summed E-state index contributed by atoms with van der Waals surface area (Å²) in [6, 6.07) is 13.2. The SMILES string of the molecule is Cc1cc(/C=N/NC(=O)c2cc(C3CC3)nc3ccccc23)cc(C)c1O. The first-order chi connectivity index (χ1) is 13.0. The molecule has 4 rings (SSSR count). The Morgan fingerprint density at radius 1 is 1.19 bits per heavy atom. The largest absolute Gasteiger partial charge is 0.507 e. The molecule has 1 aliphatic rings. The minimum Gasteiger partial charge on any atom is -0.507 e. The number of carbonyl (C=O) groups excluding carboxylic acids is 1. The molecule has 3 aromatic rings. The highest BCUT2D eigenvalue weighted by atomic mass is 16.3. The predicted molar refractivity (Wildman–Crippen MR) is 106 cm³/mol. The van der Waals surface area contributed by atoms with Gasteiger partial charge in [-0.05, 0) is 67.6 Å². The van der Waals surface area contributed by atoms with Crippen molar-refractivity contribution in [1.82, 2.24) is 10.4 Å². The average Bonchev–Trinajstić information content (AvgIpc) is 3.50. The first-order valence-corrected chi connectivity index (χ1v) is 9.06. The molecule has 1 fully saturated rings. The number of hydrazone groups is 1. The van der Waals surface area contributed by atoms with Gasteiger partial charge in [-0.25, -0.2) is 5.43 Å². The lowest BCUT2D eigenvalue weighted by molar-refractivity contribution is 0.0956. The number of nitrogens with one attached hydrogen (secondary N) is 1. The smallest absolute Gasteiger partial charge is 0.272 e. The number of hydrogen-bond acceptors (Lipinski definition) is 4. The Morgan fingerprint density at radius 2 is 1.89 bits per heavy atom. The van der Waals surface area contributed by atoms with E-state index in [1.807, 2.05) is 56.3 Å². The van der Waals surface area contributed by atoms with E-state index in [4.69, 9.17) is 4.98 Å². The summed E-state index contributed by atoms with van der Waals surface area (Å²) in [5.74, 6) is 0.499. The molecule has 0 unspecified atom stereocenters. The molecule has 5 nitrogen and oxygen atoms in total. The van der Waals surface area contributed by atoms with Crippen molar-refractivity contribution in [3.05, 3.63) is 70.4 Å². The molecule has 0 spiro atoms. The molecule has 1 aromatic heterocycles. The Kier molecular flexibility index (Phi) is 4.36. The van der Waals surface area contributed by atoms with Gasteiger partial charge in [-0.15, -0.1) is 0 Å². The molecule has 1 heterocycles. The van der Waals surface area contributed by atoms with Gasteiger partial charge in [-0.3, -0.25) is 9.78 Å². The monoisotopic (exact) mass is 359 g/mol. The Labute approximate surface area is 157 Å². The number of benzene rings is 2. The van der Waals surface area contributed by atoms with Gasteiger partial charge in [0.15, 0.2) is 0 Å². The summed E-state index contributed by atoms with van der Waals surface area (Å²) in [7, 11) is 0. The molecule has 0 bridgehead atoms. The summed E-state index contributed by atoms with van der Waals surface area (Å²) in [5.41, 5.74) is 7.40.